The number of nitrogens with zero attached hydrogens (tertiary/aromatic N) is 1. The van der Waals surface area contributed by atoms with Gasteiger partial charge in [-0.3, -0.25) is 10.1 Å². The van der Waals surface area contributed by atoms with Crippen LogP contribution in [0.4, 0.5) is 5.13 Å². The number of rotatable bonds is 4. The quantitative estimate of drug-likeness (QED) is 0.802. The van der Waals surface area contributed by atoms with Crippen molar-refractivity contribution >= 4 is 22.4 Å². The van der Waals surface area contributed by atoms with Gasteiger partial charge >= 0.3 is 0 Å². The van der Waals surface area contributed by atoms with Crippen LogP contribution in [0.15, 0.2) is 23.6 Å². The monoisotopic (exact) mass is 293 g/mol. The molecule has 0 bridgehead atoms. The van der Waals surface area contributed by atoms with Gasteiger partial charge < -0.3 is 15.6 Å². The highest BCUT2D eigenvalue weighted by molar-refractivity contribution is 7.14. The molecule has 7 heteroatoms. The third kappa shape index (κ3) is 3.06. The fourth-order valence-corrected chi connectivity index (χ4v) is 2.36. The van der Waals surface area contributed by atoms with Gasteiger partial charge in [-0.15, -0.1) is 11.3 Å². The normalized spacial score (nSPS) is 11.9. The molecule has 0 spiro atoms. The van der Waals surface area contributed by atoms with Crippen LogP contribution in [0.5, 0.6) is 11.5 Å². The number of nitrogens with one attached hydrogen (secondary N) is 1. The Bertz CT molecular complexity index is 625. The smallest absolute Gasteiger partial charge is 0.257 e. The summed E-state index contributed by atoms with van der Waals surface area (Å²) in [5, 5.41) is 14.6. The summed E-state index contributed by atoms with van der Waals surface area (Å²) in [4.78, 5) is 16.2. The van der Waals surface area contributed by atoms with Gasteiger partial charge in [0.05, 0.1) is 12.8 Å². The number of benzene rings is 1. The number of hydrogen-bond donors (Lipinski definition) is 3. The fraction of sp³-hybridized carbons (Fsp3) is 0.231. The number of phenols is 1. The van der Waals surface area contributed by atoms with Crippen molar-refractivity contribution in [2.75, 3.05) is 12.4 Å². The predicted octanol–water partition coefficient (Wildman–Crippen LogP) is 2.13. The Morgan fingerprint density at radius 1 is 1.55 bits per heavy atom. The van der Waals surface area contributed by atoms with Crippen molar-refractivity contribution in [2.45, 2.75) is 13.0 Å². The number of nitrogens with two attached hydrogens (primary N) is 1. The van der Waals surface area contributed by atoms with E-state index in [1.54, 1.807) is 11.4 Å². The number of carbonyl (C=O) groups is 1. The molecule has 6 nitrogen and oxygen atoms in total. The molecule has 0 aliphatic carbocycles. The van der Waals surface area contributed by atoms with Crippen LogP contribution >= 0.6 is 11.3 Å². The van der Waals surface area contributed by atoms with Crippen molar-refractivity contribution in [3.63, 3.8) is 0 Å². The minimum absolute atomic E-state index is 0.0874. The SMILES string of the molecule is COc1ccc(C(=O)Nc2nc(C(C)N)cs2)cc1O. The molecule has 0 saturated heterocycles. The van der Waals surface area contributed by atoms with Crippen molar-refractivity contribution in [3.8, 4) is 11.5 Å². The molecule has 2 aromatic rings. The predicted molar refractivity (Wildman–Crippen MR) is 77.3 cm³/mol. The number of methoxy groups -OCH3 is 1. The van der Waals surface area contributed by atoms with Gasteiger partial charge in [0.15, 0.2) is 16.6 Å². The maximum atomic E-state index is 12.0. The summed E-state index contributed by atoms with van der Waals surface area (Å²) in [5.74, 6) is -0.126. The zero-order valence-corrected chi connectivity index (χ0v) is 11.9. The van der Waals surface area contributed by atoms with Crippen molar-refractivity contribution in [1.29, 1.82) is 0 Å². The summed E-state index contributed by atoms with van der Waals surface area (Å²) in [6.45, 7) is 1.82. The molecule has 4 N–H and O–H groups in total. The average Bonchev–Trinajstić information content (AvgIpc) is 2.87. The molecule has 0 aliphatic rings. The minimum atomic E-state index is -0.353. The van der Waals surface area contributed by atoms with E-state index in [0.29, 0.717) is 16.4 Å². The topological polar surface area (TPSA) is 97.5 Å². The van der Waals surface area contributed by atoms with Crippen LogP contribution in [0, 0.1) is 0 Å². The summed E-state index contributed by atoms with van der Waals surface area (Å²) in [7, 11) is 1.44. The maximum absolute atomic E-state index is 12.0. The molecule has 1 heterocycles. The number of anilines is 1. The minimum Gasteiger partial charge on any atom is -0.504 e. The number of aromatic nitrogens is 1. The first-order chi connectivity index (χ1) is 9.51. The van der Waals surface area contributed by atoms with Gasteiger partial charge in [0.2, 0.25) is 0 Å². The van der Waals surface area contributed by atoms with Crippen LogP contribution in [0.2, 0.25) is 0 Å². The molecule has 1 unspecified atom stereocenters. The summed E-state index contributed by atoms with van der Waals surface area (Å²) in [6.07, 6.45) is 0. The zero-order valence-electron chi connectivity index (χ0n) is 11.1. The first-order valence-electron chi connectivity index (χ1n) is 5.90. The Morgan fingerprint density at radius 2 is 2.30 bits per heavy atom. The second kappa shape index (κ2) is 5.89. The van der Waals surface area contributed by atoms with E-state index in [-0.39, 0.29) is 17.7 Å². The molecule has 1 amide bonds. The van der Waals surface area contributed by atoms with Crippen LogP contribution in [0.25, 0.3) is 0 Å². The molecular weight excluding hydrogens is 278 g/mol. The van der Waals surface area contributed by atoms with Crippen molar-refractivity contribution < 1.29 is 14.6 Å². The third-order valence-electron chi connectivity index (χ3n) is 2.65. The molecule has 1 atom stereocenters. The lowest BCUT2D eigenvalue weighted by molar-refractivity contribution is 0.102. The third-order valence-corrected chi connectivity index (χ3v) is 3.43. The number of phenolic OH excluding ortho intramolecular Hbond substituents is 1. The van der Waals surface area contributed by atoms with Crippen LogP contribution in [0.3, 0.4) is 0 Å². The lowest BCUT2D eigenvalue weighted by atomic mass is 10.2. The molecule has 20 heavy (non-hydrogen) atoms. The summed E-state index contributed by atoms with van der Waals surface area (Å²) in [5.41, 5.74) is 6.75. The Labute approximate surface area is 120 Å². The molecule has 0 aliphatic heterocycles. The Kier molecular flexibility index (Phi) is 4.21. The van der Waals surface area contributed by atoms with E-state index in [1.807, 2.05) is 6.92 Å². The van der Waals surface area contributed by atoms with E-state index < -0.39 is 0 Å². The zero-order chi connectivity index (χ0) is 14.7. The molecule has 0 fully saturated rings. The molecule has 106 valence electrons. The summed E-state index contributed by atoms with van der Waals surface area (Å²) < 4.78 is 4.92. The Hall–Kier alpha value is -2.12. The number of hydrogen-bond acceptors (Lipinski definition) is 6. The molecule has 0 saturated carbocycles. The van der Waals surface area contributed by atoms with E-state index in [1.165, 1.54) is 30.6 Å². The number of aromatic hydroxyl groups is 1. The number of carbonyl (C=O) groups excluding carboxylic acids is 1. The molecular formula is C13H15N3O3S. The number of ether oxygens (including phenoxy) is 1. The van der Waals surface area contributed by atoms with Crippen molar-refractivity contribution in [1.82, 2.24) is 4.98 Å². The van der Waals surface area contributed by atoms with Crippen molar-refractivity contribution in [3.05, 3.63) is 34.8 Å². The van der Waals surface area contributed by atoms with Gasteiger partial charge in [-0.25, -0.2) is 4.98 Å². The Morgan fingerprint density at radius 3 is 2.85 bits per heavy atom. The number of amides is 1. The fourth-order valence-electron chi connectivity index (χ4n) is 1.55. The molecule has 1 aromatic heterocycles. The maximum Gasteiger partial charge on any atom is 0.257 e. The van der Waals surface area contributed by atoms with Gasteiger partial charge in [0.1, 0.15) is 0 Å². The largest absolute Gasteiger partial charge is 0.504 e. The summed E-state index contributed by atoms with van der Waals surface area (Å²) in [6, 6.07) is 4.25. The first-order valence-corrected chi connectivity index (χ1v) is 6.78. The average molecular weight is 293 g/mol. The van der Waals surface area contributed by atoms with Gasteiger partial charge in [-0.2, -0.15) is 0 Å². The lowest BCUT2D eigenvalue weighted by Gasteiger charge is -2.06. The second-order valence-electron chi connectivity index (χ2n) is 4.21. The van der Waals surface area contributed by atoms with E-state index in [2.05, 4.69) is 10.3 Å². The van der Waals surface area contributed by atoms with Crippen LogP contribution in [0.1, 0.15) is 29.0 Å². The van der Waals surface area contributed by atoms with E-state index in [0.717, 1.165) is 5.69 Å². The van der Waals surface area contributed by atoms with Gasteiger partial charge in [-0.05, 0) is 25.1 Å². The van der Waals surface area contributed by atoms with Gasteiger partial charge in [0.25, 0.3) is 5.91 Å². The van der Waals surface area contributed by atoms with Crippen LogP contribution in [-0.2, 0) is 0 Å². The molecule has 1 aromatic carbocycles. The standard InChI is InChI=1S/C13H15N3O3S/c1-7(14)9-6-20-13(15-9)16-12(18)8-3-4-11(19-2)10(17)5-8/h3-7,17H,14H2,1-2H3,(H,15,16,18). The van der Waals surface area contributed by atoms with Crippen LogP contribution < -0.4 is 15.8 Å². The molecule has 2 rings (SSSR count). The lowest BCUT2D eigenvalue weighted by Crippen LogP contribution is -2.12. The number of thiazole rings is 1. The van der Waals surface area contributed by atoms with Crippen molar-refractivity contribution in [2.24, 2.45) is 5.73 Å². The van der Waals surface area contributed by atoms with Gasteiger partial charge in [-0.1, -0.05) is 0 Å². The van der Waals surface area contributed by atoms with E-state index in [9.17, 15) is 9.90 Å². The highest BCUT2D eigenvalue weighted by atomic mass is 32.1. The Balaban J connectivity index is 2.13. The highest BCUT2D eigenvalue weighted by Gasteiger charge is 2.12. The van der Waals surface area contributed by atoms with Gasteiger partial charge in [0, 0.05) is 17.0 Å². The van der Waals surface area contributed by atoms with E-state index in [4.69, 9.17) is 10.5 Å². The van der Waals surface area contributed by atoms with E-state index >= 15 is 0 Å². The first kappa shape index (κ1) is 14.3. The van der Waals surface area contributed by atoms with Crippen LogP contribution in [-0.4, -0.2) is 23.1 Å². The highest BCUT2D eigenvalue weighted by Crippen LogP contribution is 2.27. The molecule has 0 radical (unpaired) electrons. The second-order valence-corrected chi connectivity index (χ2v) is 5.07. The summed E-state index contributed by atoms with van der Waals surface area (Å²) >= 11 is 1.30.